The Morgan fingerprint density at radius 3 is 2.74 bits per heavy atom. The van der Waals surface area contributed by atoms with Gasteiger partial charge in [0.25, 0.3) is 0 Å². The van der Waals surface area contributed by atoms with E-state index in [9.17, 15) is 13.2 Å². The number of ether oxygens (including phenoxy) is 1. The fourth-order valence-electron chi connectivity index (χ4n) is 2.96. The number of halogens is 1. The first-order valence-electron chi connectivity index (χ1n) is 8.48. The van der Waals surface area contributed by atoms with Crippen LogP contribution in [-0.2, 0) is 27.8 Å². The third-order valence-corrected chi connectivity index (χ3v) is 6.63. The second-order valence-electron chi connectivity index (χ2n) is 6.58. The van der Waals surface area contributed by atoms with Crippen LogP contribution >= 0.6 is 11.6 Å². The number of hydrogen-bond acceptors (Lipinski definition) is 4. The number of carbonyl (C=O) groups excluding carboxylic acids is 1. The predicted molar refractivity (Wildman–Crippen MR) is 103 cm³/mol. The Balaban J connectivity index is 1.71. The minimum Gasteiger partial charge on any atom is -0.492 e. The molecule has 2 aromatic carbocycles. The maximum Gasteiger partial charge on any atom is 0.242 e. The van der Waals surface area contributed by atoms with Gasteiger partial charge in [0.1, 0.15) is 12.4 Å². The molecule has 0 saturated carbocycles. The molecule has 1 aliphatic rings. The quantitative estimate of drug-likeness (QED) is 0.824. The minimum absolute atomic E-state index is 0.126. The molecule has 8 heteroatoms. The van der Waals surface area contributed by atoms with Crippen LogP contribution in [0.2, 0.25) is 5.02 Å². The summed E-state index contributed by atoms with van der Waals surface area (Å²) in [6.45, 7) is 0.402. The first kappa shape index (κ1) is 19.7. The number of nitrogens with one attached hydrogen (secondary N) is 1. The molecular formula is C19H21ClN2O4S. The third kappa shape index (κ3) is 4.26. The summed E-state index contributed by atoms with van der Waals surface area (Å²) in [4.78, 5) is 12.8. The molecular weight excluding hydrogens is 388 g/mol. The first-order valence-corrected chi connectivity index (χ1v) is 10.3. The largest absolute Gasteiger partial charge is 0.492 e. The van der Waals surface area contributed by atoms with Crippen LogP contribution in [0.15, 0.2) is 47.4 Å². The van der Waals surface area contributed by atoms with Crippen molar-refractivity contribution < 1.29 is 17.9 Å². The van der Waals surface area contributed by atoms with Crippen molar-refractivity contribution >= 4 is 27.5 Å². The molecule has 0 saturated heterocycles. The number of amides is 1. The summed E-state index contributed by atoms with van der Waals surface area (Å²) in [6.07, 6.45) is 0.527. The van der Waals surface area contributed by atoms with Gasteiger partial charge in [-0.3, -0.25) is 4.79 Å². The standard InChI is InChI=1S/C19H21ClN2O4S/c1-22(2)27(24,25)18-6-4-3-5-13(18)11-21-19(23)15-9-14-10-16(20)7-8-17(14)26-12-15/h3-8,10,15H,9,11-12H2,1-2H3,(H,21,23)/t15-/m0/s1. The van der Waals surface area contributed by atoms with Crippen molar-refractivity contribution in [3.05, 3.63) is 58.6 Å². The second kappa shape index (κ2) is 7.88. The van der Waals surface area contributed by atoms with Gasteiger partial charge in [-0.1, -0.05) is 29.8 Å². The van der Waals surface area contributed by atoms with Crippen molar-refractivity contribution in [2.45, 2.75) is 17.9 Å². The molecule has 2 aromatic rings. The van der Waals surface area contributed by atoms with E-state index in [0.717, 1.165) is 15.6 Å². The van der Waals surface area contributed by atoms with Crippen molar-refractivity contribution in [1.82, 2.24) is 9.62 Å². The summed E-state index contributed by atoms with van der Waals surface area (Å²) in [5.74, 6) is 0.206. The summed E-state index contributed by atoms with van der Waals surface area (Å²) in [5, 5.41) is 3.43. The summed E-state index contributed by atoms with van der Waals surface area (Å²) < 4.78 is 31.7. The van der Waals surface area contributed by atoms with Crippen LogP contribution in [0.5, 0.6) is 5.75 Å². The summed E-state index contributed by atoms with van der Waals surface area (Å²) in [5.41, 5.74) is 1.43. The smallest absolute Gasteiger partial charge is 0.242 e. The minimum atomic E-state index is -3.58. The zero-order valence-electron chi connectivity index (χ0n) is 15.1. The Morgan fingerprint density at radius 2 is 2.00 bits per heavy atom. The van der Waals surface area contributed by atoms with E-state index in [0.29, 0.717) is 17.0 Å². The molecule has 1 aliphatic heterocycles. The van der Waals surface area contributed by atoms with E-state index in [1.165, 1.54) is 14.1 Å². The molecule has 0 radical (unpaired) electrons. The molecule has 0 bridgehead atoms. The Morgan fingerprint density at radius 1 is 1.26 bits per heavy atom. The molecule has 0 aliphatic carbocycles. The molecule has 27 heavy (non-hydrogen) atoms. The van der Waals surface area contributed by atoms with E-state index in [1.807, 2.05) is 0 Å². The van der Waals surface area contributed by atoms with Crippen molar-refractivity contribution in [3.63, 3.8) is 0 Å². The molecule has 144 valence electrons. The van der Waals surface area contributed by atoms with Crippen LogP contribution in [0, 0.1) is 5.92 Å². The van der Waals surface area contributed by atoms with Crippen LogP contribution in [0.4, 0.5) is 0 Å². The molecule has 3 rings (SSSR count). The molecule has 1 heterocycles. The van der Waals surface area contributed by atoms with Crippen molar-refractivity contribution in [2.24, 2.45) is 5.92 Å². The van der Waals surface area contributed by atoms with Crippen LogP contribution in [-0.4, -0.2) is 39.3 Å². The van der Waals surface area contributed by atoms with Crippen LogP contribution in [0.1, 0.15) is 11.1 Å². The second-order valence-corrected chi connectivity index (χ2v) is 9.13. The SMILES string of the molecule is CN(C)S(=O)(=O)c1ccccc1CNC(=O)[C@@H]1COc2ccc(Cl)cc2C1. The van der Waals surface area contributed by atoms with Gasteiger partial charge < -0.3 is 10.1 Å². The zero-order valence-corrected chi connectivity index (χ0v) is 16.7. The van der Waals surface area contributed by atoms with Gasteiger partial charge in [-0.15, -0.1) is 0 Å². The monoisotopic (exact) mass is 408 g/mol. The highest BCUT2D eigenvalue weighted by Gasteiger charge is 2.27. The number of fused-ring (bicyclic) bond motifs is 1. The number of benzene rings is 2. The molecule has 0 fully saturated rings. The number of sulfonamides is 1. The highest BCUT2D eigenvalue weighted by molar-refractivity contribution is 7.89. The zero-order chi connectivity index (χ0) is 19.6. The number of carbonyl (C=O) groups is 1. The van der Waals surface area contributed by atoms with Gasteiger partial charge >= 0.3 is 0 Å². The number of rotatable bonds is 5. The molecule has 1 atom stereocenters. The lowest BCUT2D eigenvalue weighted by atomic mass is 9.96. The summed E-state index contributed by atoms with van der Waals surface area (Å²) >= 11 is 6.01. The van der Waals surface area contributed by atoms with Crippen LogP contribution in [0.3, 0.4) is 0 Å². The average molecular weight is 409 g/mol. The number of nitrogens with zero attached hydrogens (tertiary/aromatic N) is 1. The third-order valence-electron chi connectivity index (χ3n) is 4.48. The molecule has 6 nitrogen and oxygen atoms in total. The summed E-state index contributed by atoms with van der Waals surface area (Å²) in [7, 11) is -0.625. The average Bonchev–Trinajstić information content (AvgIpc) is 2.65. The van der Waals surface area contributed by atoms with Gasteiger partial charge in [-0.2, -0.15) is 0 Å². The van der Waals surface area contributed by atoms with Gasteiger partial charge in [-0.25, -0.2) is 12.7 Å². The lowest BCUT2D eigenvalue weighted by Crippen LogP contribution is -2.37. The molecule has 1 N–H and O–H groups in total. The molecule has 0 unspecified atom stereocenters. The van der Waals surface area contributed by atoms with Crippen LogP contribution < -0.4 is 10.1 Å². The van der Waals surface area contributed by atoms with Crippen molar-refractivity contribution in [3.8, 4) is 5.75 Å². The van der Waals surface area contributed by atoms with E-state index in [-0.39, 0.29) is 29.9 Å². The van der Waals surface area contributed by atoms with E-state index in [1.54, 1.807) is 42.5 Å². The maximum absolute atomic E-state index is 12.6. The fraction of sp³-hybridized carbons (Fsp3) is 0.316. The van der Waals surface area contributed by atoms with Crippen LogP contribution in [0.25, 0.3) is 0 Å². The highest BCUT2D eigenvalue weighted by atomic mass is 35.5. The summed E-state index contributed by atoms with van der Waals surface area (Å²) in [6, 6.07) is 12.0. The lowest BCUT2D eigenvalue weighted by molar-refractivity contribution is -0.126. The topological polar surface area (TPSA) is 75.7 Å². The van der Waals surface area contributed by atoms with Gasteiger partial charge in [0.05, 0.1) is 10.8 Å². The molecule has 1 amide bonds. The Hall–Kier alpha value is -2.09. The predicted octanol–water partition coefficient (Wildman–Crippen LogP) is 2.46. The molecule has 0 aromatic heterocycles. The van der Waals surface area contributed by atoms with Gasteiger partial charge in [-0.05, 0) is 41.8 Å². The first-order chi connectivity index (χ1) is 12.8. The van der Waals surface area contributed by atoms with E-state index in [4.69, 9.17) is 16.3 Å². The van der Waals surface area contributed by atoms with E-state index >= 15 is 0 Å². The Bertz CT molecular complexity index is 960. The van der Waals surface area contributed by atoms with Gasteiger partial charge in [0.15, 0.2) is 0 Å². The maximum atomic E-state index is 12.6. The van der Waals surface area contributed by atoms with Crippen molar-refractivity contribution in [2.75, 3.05) is 20.7 Å². The van der Waals surface area contributed by atoms with E-state index in [2.05, 4.69) is 5.32 Å². The Labute approximate surface area is 164 Å². The fourth-order valence-corrected chi connectivity index (χ4v) is 4.27. The normalized spacial score (nSPS) is 16.5. The van der Waals surface area contributed by atoms with Crippen molar-refractivity contribution in [1.29, 1.82) is 0 Å². The highest BCUT2D eigenvalue weighted by Crippen LogP contribution is 2.30. The van der Waals surface area contributed by atoms with E-state index < -0.39 is 10.0 Å². The molecule has 0 spiro atoms. The van der Waals surface area contributed by atoms with Gasteiger partial charge in [0, 0.05) is 25.7 Å². The van der Waals surface area contributed by atoms with Gasteiger partial charge in [0.2, 0.25) is 15.9 Å². The Kier molecular flexibility index (Phi) is 5.74. The lowest BCUT2D eigenvalue weighted by Gasteiger charge is -2.25. The number of hydrogen-bond donors (Lipinski definition) is 1.